The van der Waals surface area contributed by atoms with Gasteiger partial charge in [-0.1, -0.05) is 19.9 Å². The lowest BCUT2D eigenvalue weighted by Gasteiger charge is -2.10. The molecule has 0 aliphatic rings. The smallest absolute Gasteiger partial charge is 0.371 e. The van der Waals surface area contributed by atoms with E-state index in [1.807, 2.05) is 13.8 Å². The highest BCUT2D eigenvalue weighted by Crippen LogP contribution is 2.15. The predicted molar refractivity (Wildman–Crippen MR) is 83.6 cm³/mol. The number of ether oxygens (including phenoxy) is 1. The van der Waals surface area contributed by atoms with E-state index in [1.165, 1.54) is 12.1 Å². The van der Waals surface area contributed by atoms with E-state index < -0.39 is 5.97 Å². The molecule has 23 heavy (non-hydrogen) atoms. The maximum atomic E-state index is 12.1. The fraction of sp³-hybridized carbons (Fsp3) is 0.294. The summed E-state index contributed by atoms with van der Waals surface area (Å²) in [6.07, 6.45) is 0. The molecule has 1 aromatic heterocycles. The molecule has 1 heterocycles. The van der Waals surface area contributed by atoms with E-state index in [0.717, 1.165) is 0 Å². The van der Waals surface area contributed by atoms with Crippen LogP contribution in [-0.2, 0) is 6.54 Å². The van der Waals surface area contributed by atoms with E-state index >= 15 is 0 Å². The van der Waals surface area contributed by atoms with Crippen LogP contribution in [-0.4, -0.2) is 23.6 Å². The molecule has 1 aromatic carbocycles. The van der Waals surface area contributed by atoms with Gasteiger partial charge in [0.05, 0.1) is 13.2 Å². The maximum absolute atomic E-state index is 12.1. The zero-order valence-electron chi connectivity index (χ0n) is 13.0. The Labute approximate surface area is 134 Å². The van der Waals surface area contributed by atoms with Crippen LogP contribution >= 0.6 is 0 Å². The molecule has 0 aliphatic heterocycles. The van der Waals surface area contributed by atoms with Gasteiger partial charge in [-0.25, -0.2) is 4.79 Å². The van der Waals surface area contributed by atoms with E-state index in [-0.39, 0.29) is 18.2 Å². The summed E-state index contributed by atoms with van der Waals surface area (Å²) < 4.78 is 10.7. The molecule has 0 radical (unpaired) electrons. The van der Waals surface area contributed by atoms with Gasteiger partial charge in [-0.05, 0) is 36.2 Å². The zero-order valence-corrected chi connectivity index (χ0v) is 13.0. The number of aromatic carboxylic acids is 1. The lowest BCUT2D eigenvalue weighted by atomic mass is 10.2. The van der Waals surface area contributed by atoms with E-state index in [2.05, 4.69) is 5.32 Å². The van der Waals surface area contributed by atoms with Crippen molar-refractivity contribution in [2.24, 2.45) is 5.92 Å². The van der Waals surface area contributed by atoms with Gasteiger partial charge in [0.15, 0.2) is 0 Å². The van der Waals surface area contributed by atoms with Gasteiger partial charge >= 0.3 is 5.97 Å². The second kappa shape index (κ2) is 7.49. The minimum Gasteiger partial charge on any atom is -0.493 e. The number of carbonyl (C=O) groups is 2. The van der Waals surface area contributed by atoms with Crippen LogP contribution in [0.3, 0.4) is 0 Å². The zero-order chi connectivity index (χ0) is 16.8. The second-order valence-corrected chi connectivity index (χ2v) is 5.49. The number of carboxylic acids is 1. The number of hydrogen-bond donors (Lipinski definition) is 2. The highest BCUT2D eigenvalue weighted by atomic mass is 16.5. The maximum Gasteiger partial charge on any atom is 0.371 e. The summed E-state index contributed by atoms with van der Waals surface area (Å²) in [7, 11) is 0. The summed E-state index contributed by atoms with van der Waals surface area (Å²) in [6.45, 7) is 4.79. The molecule has 122 valence electrons. The average molecular weight is 317 g/mol. The van der Waals surface area contributed by atoms with Gasteiger partial charge < -0.3 is 19.6 Å². The van der Waals surface area contributed by atoms with E-state index in [1.54, 1.807) is 24.3 Å². The standard InChI is InChI=1S/C17H19NO5/c1-11(2)10-22-13-5-3-4-12(8-13)16(19)18-9-14-6-7-15(23-14)17(20)21/h3-8,11H,9-10H2,1-2H3,(H,18,19)(H,20,21). The Kier molecular flexibility index (Phi) is 5.41. The molecule has 0 atom stereocenters. The van der Waals surface area contributed by atoms with Crippen LogP contribution in [0.25, 0.3) is 0 Å². The van der Waals surface area contributed by atoms with Crippen molar-refractivity contribution in [1.29, 1.82) is 0 Å². The molecule has 0 saturated carbocycles. The first kappa shape index (κ1) is 16.6. The van der Waals surface area contributed by atoms with Gasteiger partial charge in [-0.2, -0.15) is 0 Å². The summed E-state index contributed by atoms with van der Waals surface area (Å²) in [5, 5.41) is 11.5. The van der Waals surface area contributed by atoms with Crippen molar-refractivity contribution in [2.45, 2.75) is 20.4 Å². The molecule has 2 N–H and O–H groups in total. The largest absolute Gasteiger partial charge is 0.493 e. The first-order valence-electron chi connectivity index (χ1n) is 7.29. The van der Waals surface area contributed by atoms with Crippen molar-refractivity contribution in [2.75, 3.05) is 6.61 Å². The van der Waals surface area contributed by atoms with Crippen molar-refractivity contribution in [1.82, 2.24) is 5.32 Å². The second-order valence-electron chi connectivity index (χ2n) is 5.49. The fourth-order valence-corrected chi connectivity index (χ4v) is 1.85. The van der Waals surface area contributed by atoms with Gasteiger partial charge in [0.2, 0.25) is 5.76 Å². The van der Waals surface area contributed by atoms with Crippen molar-refractivity contribution >= 4 is 11.9 Å². The first-order valence-corrected chi connectivity index (χ1v) is 7.29. The monoisotopic (exact) mass is 317 g/mol. The Morgan fingerprint density at radius 1 is 1.26 bits per heavy atom. The van der Waals surface area contributed by atoms with Crippen LogP contribution in [0, 0.1) is 5.92 Å². The Bertz CT molecular complexity index is 690. The van der Waals surface area contributed by atoms with Crippen LogP contribution < -0.4 is 10.1 Å². The number of furan rings is 1. The number of amides is 1. The average Bonchev–Trinajstić information content (AvgIpc) is 3.00. The molecule has 0 fully saturated rings. The Morgan fingerprint density at radius 2 is 2.04 bits per heavy atom. The van der Waals surface area contributed by atoms with Crippen LogP contribution in [0.4, 0.5) is 0 Å². The number of rotatable bonds is 7. The highest BCUT2D eigenvalue weighted by molar-refractivity contribution is 5.94. The van der Waals surface area contributed by atoms with Crippen LogP contribution in [0.15, 0.2) is 40.8 Å². The molecule has 2 aromatic rings. The van der Waals surface area contributed by atoms with Crippen molar-refractivity contribution in [3.63, 3.8) is 0 Å². The molecule has 1 amide bonds. The van der Waals surface area contributed by atoms with E-state index in [0.29, 0.717) is 29.6 Å². The molecule has 0 aliphatic carbocycles. The molecule has 2 rings (SSSR count). The molecule has 0 unspecified atom stereocenters. The summed E-state index contributed by atoms with van der Waals surface area (Å²) in [5.74, 6) is -0.167. The van der Waals surface area contributed by atoms with Gasteiger partial charge in [-0.15, -0.1) is 0 Å². The van der Waals surface area contributed by atoms with Crippen LogP contribution in [0.1, 0.15) is 40.5 Å². The minimum atomic E-state index is -1.14. The quantitative estimate of drug-likeness (QED) is 0.819. The topological polar surface area (TPSA) is 88.8 Å². The minimum absolute atomic E-state index is 0.114. The summed E-state index contributed by atoms with van der Waals surface area (Å²) in [5.41, 5.74) is 0.469. The van der Waals surface area contributed by atoms with Gasteiger partial charge in [0, 0.05) is 5.56 Å². The SMILES string of the molecule is CC(C)COc1cccc(C(=O)NCc2ccc(C(=O)O)o2)c1. The molecular formula is C17H19NO5. The molecule has 0 bridgehead atoms. The summed E-state index contributed by atoms with van der Waals surface area (Å²) in [6, 6.07) is 9.77. The first-order chi connectivity index (χ1) is 11.0. The summed E-state index contributed by atoms with van der Waals surface area (Å²) >= 11 is 0. The van der Waals surface area contributed by atoms with Crippen molar-refractivity contribution in [3.05, 3.63) is 53.5 Å². The van der Waals surface area contributed by atoms with Gasteiger partial charge in [0.1, 0.15) is 11.5 Å². The number of benzene rings is 1. The summed E-state index contributed by atoms with van der Waals surface area (Å²) in [4.78, 5) is 22.9. The van der Waals surface area contributed by atoms with Crippen molar-refractivity contribution in [3.8, 4) is 5.75 Å². The van der Waals surface area contributed by atoms with E-state index in [9.17, 15) is 9.59 Å². The third kappa shape index (κ3) is 4.88. The van der Waals surface area contributed by atoms with Crippen LogP contribution in [0.5, 0.6) is 5.75 Å². The molecule has 0 spiro atoms. The third-order valence-corrected chi connectivity index (χ3v) is 2.98. The lowest BCUT2D eigenvalue weighted by molar-refractivity contribution is 0.0660. The fourth-order valence-electron chi connectivity index (χ4n) is 1.85. The number of hydrogen-bond acceptors (Lipinski definition) is 4. The van der Waals surface area contributed by atoms with Gasteiger partial charge in [-0.3, -0.25) is 4.79 Å². The Balaban J connectivity index is 1.94. The normalized spacial score (nSPS) is 10.6. The van der Waals surface area contributed by atoms with Crippen molar-refractivity contribution < 1.29 is 23.8 Å². The lowest BCUT2D eigenvalue weighted by Crippen LogP contribution is -2.22. The molecule has 0 saturated heterocycles. The molecule has 6 nitrogen and oxygen atoms in total. The number of carboxylic acid groups (broad SMARTS) is 1. The van der Waals surface area contributed by atoms with Crippen LogP contribution in [0.2, 0.25) is 0 Å². The van der Waals surface area contributed by atoms with E-state index in [4.69, 9.17) is 14.3 Å². The molecule has 6 heteroatoms. The number of nitrogens with one attached hydrogen (secondary N) is 1. The molecular weight excluding hydrogens is 298 g/mol. The number of carbonyl (C=O) groups excluding carboxylic acids is 1. The van der Waals surface area contributed by atoms with Gasteiger partial charge in [0.25, 0.3) is 5.91 Å². The Hall–Kier alpha value is -2.76. The predicted octanol–water partition coefficient (Wildman–Crippen LogP) is 2.94. The Morgan fingerprint density at radius 3 is 2.70 bits per heavy atom. The third-order valence-electron chi connectivity index (χ3n) is 2.98. The highest BCUT2D eigenvalue weighted by Gasteiger charge is 2.11.